The Morgan fingerprint density at radius 1 is 1.52 bits per heavy atom. The lowest BCUT2D eigenvalue weighted by Crippen LogP contribution is -2.12. The number of hydrogen-bond acceptors (Lipinski definition) is 7. The summed E-state index contributed by atoms with van der Waals surface area (Å²) in [5.41, 5.74) is 6.83. The SMILES string of the molecule is COC(=O)c1cc(N)cc(Cl)c1NCCc1noc(C)n1. The van der Waals surface area contributed by atoms with Crippen LogP contribution >= 0.6 is 11.6 Å². The van der Waals surface area contributed by atoms with Gasteiger partial charge >= 0.3 is 5.97 Å². The van der Waals surface area contributed by atoms with Crippen molar-refractivity contribution in [2.75, 3.05) is 24.7 Å². The Labute approximate surface area is 126 Å². The first kappa shape index (κ1) is 15.1. The summed E-state index contributed by atoms with van der Waals surface area (Å²) < 4.78 is 9.60. The van der Waals surface area contributed by atoms with Crippen molar-refractivity contribution in [3.05, 3.63) is 34.4 Å². The van der Waals surface area contributed by atoms with Crippen molar-refractivity contribution in [1.29, 1.82) is 0 Å². The number of carbonyl (C=O) groups is 1. The first-order valence-corrected chi connectivity index (χ1v) is 6.59. The van der Waals surface area contributed by atoms with Crippen molar-refractivity contribution < 1.29 is 14.1 Å². The van der Waals surface area contributed by atoms with Gasteiger partial charge in [0.2, 0.25) is 5.89 Å². The molecule has 0 saturated heterocycles. The minimum absolute atomic E-state index is 0.284. The predicted octanol–water partition coefficient (Wildman–Crippen LogP) is 2.05. The highest BCUT2D eigenvalue weighted by molar-refractivity contribution is 6.34. The highest BCUT2D eigenvalue weighted by atomic mass is 35.5. The fourth-order valence-electron chi connectivity index (χ4n) is 1.82. The standard InChI is InChI=1S/C13H15ClN4O3/c1-7-17-11(18-21-7)3-4-16-12-9(13(19)20-2)5-8(15)6-10(12)14/h5-6,16H,3-4,15H2,1-2H3. The molecule has 0 unspecified atom stereocenters. The summed E-state index contributed by atoms with van der Waals surface area (Å²) in [6, 6.07) is 3.08. The van der Waals surface area contributed by atoms with E-state index in [4.69, 9.17) is 26.6 Å². The number of nitrogens with two attached hydrogens (primary N) is 1. The van der Waals surface area contributed by atoms with E-state index in [1.807, 2.05) is 0 Å². The van der Waals surface area contributed by atoms with Crippen LogP contribution in [0.1, 0.15) is 22.1 Å². The number of nitrogens with zero attached hydrogens (tertiary/aromatic N) is 2. The van der Waals surface area contributed by atoms with E-state index in [-0.39, 0.29) is 5.56 Å². The van der Waals surface area contributed by atoms with Gasteiger partial charge in [-0.15, -0.1) is 0 Å². The molecule has 0 radical (unpaired) electrons. The monoisotopic (exact) mass is 310 g/mol. The molecule has 8 heteroatoms. The van der Waals surface area contributed by atoms with Crippen LogP contribution in [0.5, 0.6) is 0 Å². The third-order valence-electron chi connectivity index (χ3n) is 2.74. The van der Waals surface area contributed by atoms with E-state index in [0.717, 1.165) is 0 Å². The zero-order valence-electron chi connectivity index (χ0n) is 11.6. The summed E-state index contributed by atoms with van der Waals surface area (Å²) >= 11 is 6.12. The first-order chi connectivity index (χ1) is 10.0. The molecule has 21 heavy (non-hydrogen) atoms. The number of ether oxygens (including phenoxy) is 1. The molecule has 0 aliphatic carbocycles. The van der Waals surface area contributed by atoms with Gasteiger partial charge in [0.25, 0.3) is 0 Å². The van der Waals surface area contributed by atoms with Gasteiger partial charge in [-0.3, -0.25) is 0 Å². The molecule has 0 aliphatic rings. The Kier molecular flexibility index (Phi) is 4.64. The minimum Gasteiger partial charge on any atom is -0.465 e. The third-order valence-corrected chi connectivity index (χ3v) is 3.04. The van der Waals surface area contributed by atoms with Gasteiger partial charge in [0.15, 0.2) is 5.82 Å². The van der Waals surface area contributed by atoms with Crippen LogP contribution in [0.15, 0.2) is 16.7 Å². The van der Waals surface area contributed by atoms with Crippen LogP contribution in [0, 0.1) is 6.92 Å². The number of nitrogen functional groups attached to an aromatic ring is 1. The molecule has 1 heterocycles. The van der Waals surface area contributed by atoms with Crippen LogP contribution in [0.2, 0.25) is 5.02 Å². The summed E-state index contributed by atoms with van der Waals surface area (Å²) in [5.74, 6) is 0.569. The number of esters is 1. The smallest absolute Gasteiger partial charge is 0.340 e. The zero-order chi connectivity index (χ0) is 15.4. The Bertz CT molecular complexity index is 657. The topological polar surface area (TPSA) is 103 Å². The highest BCUT2D eigenvalue weighted by Crippen LogP contribution is 2.29. The van der Waals surface area contributed by atoms with Gasteiger partial charge in [-0.25, -0.2) is 4.79 Å². The third kappa shape index (κ3) is 3.63. The second-order valence-corrected chi connectivity index (χ2v) is 4.73. The molecule has 1 aromatic heterocycles. The molecular formula is C13H15ClN4O3. The number of aromatic nitrogens is 2. The maximum Gasteiger partial charge on any atom is 0.340 e. The molecule has 3 N–H and O–H groups in total. The molecule has 0 fully saturated rings. The molecule has 0 amide bonds. The highest BCUT2D eigenvalue weighted by Gasteiger charge is 2.16. The van der Waals surface area contributed by atoms with Crippen molar-refractivity contribution in [1.82, 2.24) is 10.1 Å². The number of rotatable bonds is 5. The Balaban J connectivity index is 2.13. The molecule has 2 aromatic rings. The Morgan fingerprint density at radius 2 is 2.29 bits per heavy atom. The lowest BCUT2D eigenvalue weighted by Gasteiger charge is -2.13. The van der Waals surface area contributed by atoms with Crippen molar-refractivity contribution in [2.24, 2.45) is 0 Å². The summed E-state index contributed by atoms with van der Waals surface area (Å²) in [7, 11) is 1.30. The first-order valence-electron chi connectivity index (χ1n) is 6.21. The van der Waals surface area contributed by atoms with Gasteiger partial charge in [0.1, 0.15) is 0 Å². The van der Waals surface area contributed by atoms with Crippen LogP contribution in [0.25, 0.3) is 0 Å². The number of anilines is 2. The van der Waals surface area contributed by atoms with E-state index >= 15 is 0 Å². The molecule has 0 saturated carbocycles. The van der Waals surface area contributed by atoms with E-state index in [0.29, 0.717) is 41.1 Å². The fraction of sp³-hybridized carbons (Fsp3) is 0.308. The van der Waals surface area contributed by atoms with Gasteiger partial charge in [0, 0.05) is 25.6 Å². The summed E-state index contributed by atoms with van der Waals surface area (Å²) in [5, 5.41) is 7.21. The number of aryl methyl sites for hydroxylation is 1. The summed E-state index contributed by atoms with van der Waals surface area (Å²) in [4.78, 5) is 15.8. The quantitative estimate of drug-likeness (QED) is 0.643. The largest absolute Gasteiger partial charge is 0.465 e. The van der Waals surface area contributed by atoms with E-state index in [2.05, 4.69) is 15.5 Å². The molecule has 1 aromatic carbocycles. The second kappa shape index (κ2) is 6.45. The maximum absolute atomic E-state index is 11.8. The second-order valence-electron chi connectivity index (χ2n) is 4.32. The van der Waals surface area contributed by atoms with Crippen LogP contribution in [0.3, 0.4) is 0 Å². The number of carbonyl (C=O) groups excluding carboxylic acids is 1. The average molecular weight is 311 g/mol. The molecule has 0 atom stereocenters. The molecule has 2 rings (SSSR count). The number of halogens is 1. The van der Waals surface area contributed by atoms with Gasteiger partial charge in [-0.2, -0.15) is 4.98 Å². The number of nitrogens with one attached hydrogen (secondary N) is 1. The molecule has 0 spiro atoms. The maximum atomic E-state index is 11.8. The van der Waals surface area contributed by atoms with E-state index < -0.39 is 5.97 Å². The number of benzene rings is 1. The van der Waals surface area contributed by atoms with Gasteiger partial charge < -0.3 is 20.3 Å². The average Bonchev–Trinajstić information content (AvgIpc) is 2.85. The molecule has 7 nitrogen and oxygen atoms in total. The Morgan fingerprint density at radius 3 is 2.90 bits per heavy atom. The lowest BCUT2D eigenvalue weighted by atomic mass is 10.1. The van der Waals surface area contributed by atoms with Crippen LogP contribution in [-0.4, -0.2) is 29.8 Å². The summed E-state index contributed by atoms with van der Waals surface area (Å²) in [6.45, 7) is 2.20. The normalized spacial score (nSPS) is 10.4. The van der Waals surface area contributed by atoms with E-state index in [1.54, 1.807) is 13.0 Å². The van der Waals surface area contributed by atoms with E-state index in [1.165, 1.54) is 13.2 Å². The zero-order valence-corrected chi connectivity index (χ0v) is 12.4. The van der Waals surface area contributed by atoms with Gasteiger partial charge in [-0.05, 0) is 12.1 Å². The molecule has 0 aliphatic heterocycles. The molecule has 0 bridgehead atoms. The van der Waals surface area contributed by atoms with E-state index in [9.17, 15) is 4.79 Å². The minimum atomic E-state index is -0.512. The summed E-state index contributed by atoms with van der Waals surface area (Å²) in [6.07, 6.45) is 0.526. The predicted molar refractivity (Wildman–Crippen MR) is 78.4 cm³/mol. The van der Waals surface area contributed by atoms with Crippen molar-refractivity contribution in [3.63, 3.8) is 0 Å². The number of methoxy groups -OCH3 is 1. The van der Waals surface area contributed by atoms with Crippen LogP contribution in [-0.2, 0) is 11.2 Å². The van der Waals surface area contributed by atoms with Crippen LogP contribution in [0.4, 0.5) is 11.4 Å². The lowest BCUT2D eigenvalue weighted by molar-refractivity contribution is 0.0602. The van der Waals surface area contributed by atoms with Crippen molar-refractivity contribution >= 4 is 28.9 Å². The van der Waals surface area contributed by atoms with Gasteiger partial charge in [-0.1, -0.05) is 16.8 Å². The van der Waals surface area contributed by atoms with Crippen LogP contribution < -0.4 is 11.1 Å². The van der Waals surface area contributed by atoms with Crippen molar-refractivity contribution in [3.8, 4) is 0 Å². The van der Waals surface area contributed by atoms with Crippen molar-refractivity contribution in [2.45, 2.75) is 13.3 Å². The van der Waals surface area contributed by atoms with Gasteiger partial charge in [0.05, 0.1) is 23.4 Å². The Hall–Kier alpha value is -2.28. The molecule has 112 valence electrons. The molecular weight excluding hydrogens is 296 g/mol. The number of hydrogen-bond donors (Lipinski definition) is 2. The fourth-order valence-corrected chi connectivity index (χ4v) is 2.12.